The largest absolute Gasteiger partial charge is 0.379 e. The molecule has 0 aliphatic heterocycles. The van der Waals surface area contributed by atoms with Gasteiger partial charge in [0.2, 0.25) is 5.91 Å². The summed E-state index contributed by atoms with van der Waals surface area (Å²) >= 11 is 0. The fourth-order valence-corrected chi connectivity index (χ4v) is 1.71. The smallest absolute Gasteiger partial charge is 0.238 e. The molecule has 0 radical (unpaired) electrons. The Morgan fingerprint density at radius 3 is 2.50 bits per heavy atom. The van der Waals surface area contributed by atoms with E-state index in [4.69, 9.17) is 15.3 Å². The molecule has 1 amide bonds. The van der Waals surface area contributed by atoms with Gasteiger partial charge in [-0.2, -0.15) is 0 Å². The monoisotopic (exact) mass is 280 g/mol. The van der Waals surface area contributed by atoms with Crippen molar-refractivity contribution in [3.63, 3.8) is 0 Å². The number of benzene rings is 1. The van der Waals surface area contributed by atoms with Crippen LogP contribution in [0.3, 0.4) is 0 Å². The summed E-state index contributed by atoms with van der Waals surface area (Å²) in [5.41, 5.74) is 4.06. The molecule has 0 aromatic heterocycles. The number of hydrogen-bond acceptors (Lipinski definition) is 4. The van der Waals surface area contributed by atoms with Gasteiger partial charge >= 0.3 is 0 Å². The van der Waals surface area contributed by atoms with Crippen LogP contribution in [0.4, 0.5) is 0 Å². The van der Waals surface area contributed by atoms with Crippen molar-refractivity contribution in [2.45, 2.75) is 26.9 Å². The predicted octanol–water partition coefficient (Wildman–Crippen LogP) is 1.41. The molecule has 0 heterocycles. The van der Waals surface area contributed by atoms with Gasteiger partial charge in [0.1, 0.15) is 0 Å². The number of rotatable bonds is 9. The number of ether oxygens (including phenoxy) is 2. The topological polar surface area (TPSA) is 73.6 Å². The second kappa shape index (κ2) is 9.47. The van der Waals surface area contributed by atoms with Gasteiger partial charge in [0.15, 0.2) is 0 Å². The van der Waals surface area contributed by atoms with Gasteiger partial charge in [0.05, 0.1) is 26.2 Å². The SMILES string of the molecule is CC(C)COCCOCc1ccccc1CC(=O)NN. The summed E-state index contributed by atoms with van der Waals surface area (Å²) in [6.45, 7) is 6.57. The van der Waals surface area contributed by atoms with Gasteiger partial charge in [0.25, 0.3) is 0 Å². The molecule has 0 aliphatic carbocycles. The molecule has 112 valence electrons. The van der Waals surface area contributed by atoms with Crippen molar-refractivity contribution >= 4 is 5.91 Å². The number of carbonyl (C=O) groups is 1. The average Bonchev–Trinajstić information content (AvgIpc) is 2.43. The van der Waals surface area contributed by atoms with Crippen LogP contribution in [0.2, 0.25) is 0 Å². The van der Waals surface area contributed by atoms with E-state index in [9.17, 15) is 4.79 Å². The van der Waals surface area contributed by atoms with Crippen LogP contribution in [0.25, 0.3) is 0 Å². The van der Waals surface area contributed by atoms with E-state index in [1.165, 1.54) is 0 Å². The predicted molar refractivity (Wildman–Crippen MR) is 77.8 cm³/mol. The zero-order chi connectivity index (χ0) is 14.8. The normalized spacial score (nSPS) is 10.8. The van der Waals surface area contributed by atoms with Crippen molar-refractivity contribution in [3.05, 3.63) is 35.4 Å². The van der Waals surface area contributed by atoms with Crippen molar-refractivity contribution in [2.75, 3.05) is 19.8 Å². The molecule has 5 nitrogen and oxygen atoms in total. The van der Waals surface area contributed by atoms with Crippen LogP contribution in [0, 0.1) is 5.92 Å². The lowest BCUT2D eigenvalue weighted by Gasteiger charge is -2.10. The summed E-state index contributed by atoms with van der Waals surface area (Å²) in [6, 6.07) is 7.68. The van der Waals surface area contributed by atoms with E-state index >= 15 is 0 Å². The molecule has 0 unspecified atom stereocenters. The van der Waals surface area contributed by atoms with Crippen LogP contribution in [-0.4, -0.2) is 25.7 Å². The lowest BCUT2D eigenvalue weighted by molar-refractivity contribution is -0.120. The van der Waals surface area contributed by atoms with E-state index in [0.717, 1.165) is 17.7 Å². The highest BCUT2D eigenvalue weighted by molar-refractivity contribution is 5.78. The van der Waals surface area contributed by atoms with Gasteiger partial charge in [-0.15, -0.1) is 0 Å². The van der Waals surface area contributed by atoms with E-state index in [1.54, 1.807) is 0 Å². The minimum absolute atomic E-state index is 0.210. The highest BCUT2D eigenvalue weighted by atomic mass is 16.5. The third-order valence-electron chi connectivity index (χ3n) is 2.71. The maximum Gasteiger partial charge on any atom is 0.238 e. The molecule has 0 bridgehead atoms. The van der Waals surface area contributed by atoms with E-state index in [0.29, 0.717) is 25.7 Å². The summed E-state index contributed by atoms with van der Waals surface area (Å²) in [4.78, 5) is 11.3. The van der Waals surface area contributed by atoms with E-state index in [-0.39, 0.29) is 12.3 Å². The molecule has 20 heavy (non-hydrogen) atoms. The van der Waals surface area contributed by atoms with Gasteiger partial charge in [0, 0.05) is 6.61 Å². The van der Waals surface area contributed by atoms with Crippen LogP contribution in [0.5, 0.6) is 0 Å². The molecule has 1 aromatic carbocycles. The fraction of sp³-hybridized carbons (Fsp3) is 0.533. The molecule has 0 spiro atoms. The molecule has 0 aliphatic rings. The summed E-state index contributed by atoms with van der Waals surface area (Å²) in [6.07, 6.45) is 0.264. The first-order valence-corrected chi connectivity index (χ1v) is 6.85. The third-order valence-corrected chi connectivity index (χ3v) is 2.71. The molecule has 3 N–H and O–H groups in total. The average molecular weight is 280 g/mol. The Balaban J connectivity index is 2.34. The van der Waals surface area contributed by atoms with Gasteiger partial charge in [-0.1, -0.05) is 38.1 Å². The van der Waals surface area contributed by atoms with E-state index < -0.39 is 0 Å². The van der Waals surface area contributed by atoms with Crippen LogP contribution in [-0.2, 0) is 27.3 Å². The summed E-state index contributed by atoms with van der Waals surface area (Å²) in [7, 11) is 0. The number of carbonyl (C=O) groups excluding carboxylic acids is 1. The Morgan fingerprint density at radius 2 is 1.85 bits per heavy atom. The van der Waals surface area contributed by atoms with Crippen LogP contribution >= 0.6 is 0 Å². The third kappa shape index (κ3) is 6.65. The van der Waals surface area contributed by atoms with Gasteiger partial charge in [-0.3, -0.25) is 10.2 Å². The Morgan fingerprint density at radius 1 is 1.20 bits per heavy atom. The quantitative estimate of drug-likeness (QED) is 0.310. The van der Waals surface area contributed by atoms with Crippen LogP contribution in [0.1, 0.15) is 25.0 Å². The second-order valence-corrected chi connectivity index (χ2v) is 5.03. The second-order valence-electron chi connectivity index (χ2n) is 5.03. The summed E-state index contributed by atoms with van der Waals surface area (Å²) in [5.74, 6) is 5.42. The Bertz CT molecular complexity index is 408. The fourth-order valence-electron chi connectivity index (χ4n) is 1.71. The number of amides is 1. The molecular formula is C15H24N2O3. The molecule has 1 rings (SSSR count). The van der Waals surface area contributed by atoms with Gasteiger partial charge in [-0.05, 0) is 17.0 Å². The van der Waals surface area contributed by atoms with Gasteiger partial charge < -0.3 is 9.47 Å². The number of nitrogens with two attached hydrogens (primary N) is 1. The van der Waals surface area contributed by atoms with Crippen molar-refractivity contribution < 1.29 is 14.3 Å². The van der Waals surface area contributed by atoms with Crippen molar-refractivity contribution in [2.24, 2.45) is 11.8 Å². The highest BCUT2D eigenvalue weighted by Crippen LogP contribution is 2.11. The van der Waals surface area contributed by atoms with E-state index in [1.807, 2.05) is 24.3 Å². The zero-order valence-electron chi connectivity index (χ0n) is 12.2. The first-order valence-electron chi connectivity index (χ1n) is 6.85. The van der Waals surface area contributed by atoms with Crippen LogP contribution in [0.15, 0.2) is 24.3 Å². The maximum atomic E-state index is 11.3. The Kier molecular flexibility index (Phi) is 7.87. The lowest BCUT2D eigenvalue weighted by atomic mass is 10.1. The molecule has 0 saturated heterocycles. The number of hydrazine groups is 1. The first-order chi connectivity index (χ1) is 9.63. The molecule has 5 heteroatoms. The Labute approximate surface area is 120 Å². The summed E-state index contributed by atoms with van der Waals surface area (Å²) in [5, 5.41) is 0. The molecule has 1 aromatic rings. The number of nitrogens with one attached hydrogen (secondary N) is 1. The van der Waals surface area contributed by atoms with Gasteiger partial charge in [-0.25, -0.2) is 5.84 Å². The van der Waals surface area contributed by atoms with Crippen molar-refractivity contribution in [3.8, 4) is 0 Å². The standard InChI is InChI=1S/C15H24N2O3/c1-12(2)10-19-7-8-20-11-14-6-4-3-5-13(14)9-15(18)17-16/h3-6,12H,7-11,16H2,1-2H3,(H,17,18). The Hall–Kier alpha value is -1.43. The van der Waals surface area contributed by atoms with E-state index in [2.05, 4.69) is 19.3 Å². The minimum Gasteiger partial charge on any atom is -0.379 e. The zero-order valence-corrected chi connectivity index (χ0v) is 12.2. The molecule has 0 atom stereocenters. The van der Waals surface area contributed by atoms with Crippen molar-refractivity contribution in [1.29, 1.82) is 0 Å². The highest BCUT2D eigenvalue weighted by Gasteiger charge is 2.06. The van der Waals surface area contributed by atoms with Crippen LogP contribution < -0.4 is 11.3 Å². The maximum absolute atomic E-state index is 11.3. The molecule has 0 fully saturated rings. The number of hydrogen-bond donors (Lipinski definition) is 2. The molecule has 0 saturated carbocycles. The minimum atomic E-state index is -0.210. The first kappa shape index (κ1) is 16.6. The summed E-state index contributed by atoms with van der Waals surface area (Å²) < 4.78 is 11.0. The lowest BCUT2D eigenvalue weighted by Crippen LogP contribution is -2.31. The molecular weight excluding hydrogens is 256 g/mol. The van der Waals surface area contributed by atoms with Crippen molar-refractivity contribution in [1.82, 2.24) is 5.43 Å².